The van der Waals surface area contributed by atoms with Gasteiger partial charge >= 0.3 is 0 Å². The second-order valence-corrected chi connectivity index (χ2v) is 5.34. The van der Waals surface area contributed by atoms with Crippen molar-refractivity contribution in [3.63, 3.8) is 0 Å². The number of rotatable bonds is 2. The molecule has 2 saturated heterocycles. The van der Waals surface area contributed by atoms with Gasteiger partial charge in [-0.3, -0.25) is 9.59 Å². The molecule has 20 heavy (non-hydrogen) atoms. The Morgan fingerprint density at radius 1 is 1.30 bits per heavy atom. The Hall–Kier alpha value is -1.92. The molecule has 2 aliphatic heterocycles. The maximum atomic E-state index is 12.6. The van der Waals surface area contributed by atoms with Gasteiger partial charge in [-0.05, 0) is 26.2 Å². The molecule has 2 amide bonds. The smallest absolute Gasteiger partial charge is 0.246 e. The van der Waals surface area contributed by atoms with Crippen LogP contribution in [0.2, 0.25) is 0 Å². The summed E-state index contributed by atoms with van der Waals surface area (Å²) in [6, 6.07) is -0.303. The maximum Gasteiger partial charge on any atom is 0.246 e. The van der Waals surface area contributed by atoms with E-state index in [1.807, 2.05) is 0 Å². The van der Waals surface area contributed by atoms with Gasteiger partial charge in [0.1, 0.15) is 12.6 Å². The van der Waals surface area contributed by atoms with E-state index in [4.69, 9.17) is 4.52 Å². The van der Waals surface area contributed by atoms with Crippen LogP contribution in [0.1, 0.15) is 37.4 Å². The Bertz CT molecular complexity index is 527. The zero-order chi connectivity index (χ0) is 14.1. The first-order chi connectivity index (χ1) is 9.65. The van der Waals surface area contributed by atoms with Crippen LogP contribution in [0.4, 0.5) is 0 Å². The normalized spacial score (nSPS) is 23.8. The number of hydrogen-bond acceptors (Lipinski definition) is 5. The summed E-state index contributed by atoms with van der Waals surface area (Å²) < 4.78 is 5.07. The summed E-state index contributed by atoms with van der Waals surface area (Å²) in [5.41, 5.74) is 0. The molecule has 0 N–H and O–H groups in total. The molecule has 1 atom stereocenters. The van der Waals surface area contributed by atoms with Crippen LogP contribution < -0.4 is 0 Å². The summed E-state index contributed by atoms with van der Waals surface area (Å²) in [5, 5.41) is 3.73. The number of aryl methyl sites for hydroxylation is 1. The van der Waals surface area contributed by atoms with Crippen LogP contribution in [0.25, 0.3) is 0 Å². The van der Waals surface area contributed by atoms with E-state index in [0.29, 0.717) is 31.2 Å². The third kappa shape index (κ3) is 2.39. The molecule has 3 rings (SSSR count). The summed E-state index contributed by atoms with van der Waals surface area (Å²) in [5.74, 6) is 1.06. The van der Waals surface area contributed by atoms with E-state index >= 15 is 0 Å². The lowest BCUT2D eigenvalue weighted by atomic mass is 10.0. The van der Waals surface area contributed by atoms with Crippen LogP contribution in [0.15, 0.2) is 4.52 Å². The average molecular weight is 278 g/mol. The summed E-state index contributed by atoms with van der Waals surface area (Å²) in [4.78, 5) is 32.2. The molecular formula is C13H18N4O3. The molecule has 108 valence electrons. The van der Waals surface area contributed by atoms with E-state index in [9.17, 15) is 9.59 Å². The SMILES string of the molecule is Cc1noc(CN2CCC(=O)N3CCCCC3C2=O)n1. The van der Waals surface area contributed by atoms with Gasteiger partial charge in [-0.25, -0.2) is 0 Å². The monoisotopic (exact) mass is 278 g/mol. The van der Waals surface area contributed by atoms with Gasteiger partial charge in [-0.2, -0.15) is 4.98 Å². The van der Waals surface area contributed by atoms with Crippen molar-refractivity contribution in [2.45, 2.75) is 45.2 Å². The number of carbonyl (C=O) groups is 2. The minimum atomic E-state index is -0.303. The van der Waals surface area contributed by atoms with Crippen molar-refractivity contribution in [2.75, 3.05) is 13.1 Å². The molecule has 2 aliphatic rings. The van der Waals surface area contributed by atoms with E-state index < -0.39 is 0 Å². The molecule has 7 heteroatoms. The Labute approximate surface area is 116 Å². The van der Waals surface area contributed by atoms with E-state index in [1.165, 1.54) is 0 Å². The highest BCUT2D eigenvalue weighted by Gasteiger charge is 2.37. The Balaban J connectivity index is 1.78. The Kier molecular flexibility index (Phi) is 3.42. The van der Waals surface area contributed by atoms with Gasteiger partial charge < -0.3 is 14.3 Å². The third-order valence-corrected chi connectivity index (χ3v) is 3.91. The molecule has 3 heterocycles. The quantitative estimate of drug-likeness (QED) is 0.786. The highest BCUT2D eigenvalue weighted by atomic mass is 16.5. The molecular weight excluding hydrogens is 260 g/mol. The van der Waals surface area contributed by atoms with Gasteiger partial charge in [0, 0.05) is 19.5 Å². The van der Waals surface area contributed by atoms with Gasteiger partial charge in [-0.1, -0.05) is 5.16 Å². The van der Waals surface area contributed by atoms with E-state index in [0.717, 1.165) is 19.3 Å². The number of fused-ring (bicyclic) bond motifs is 1. The molecule has 0 bridgehead atoms. The van der Waals surface area contributed by atoms with E-state index in [-0.39, 0.29) is 24.4 Å². The number of hydrogen-bond donors (Lipinski definition) is 0. The summed E-state index contributed by atoms with van der Waals surface area (Å²) >= 11 is 0. The fourth-order valence-corrected chi connectivity index (χ4v) is 2.91. The Morgan fingerprint density at radius 2 is 2.15 bits per heavy atom. The predicted molar refractivity (Wildman–Crippen MR) is 68.4 cm³/mol. The number of nitrogens with zero attached hydrogens (tertiary/aromatic N) is 4. The molecule has 2 fully saturated rings. The average Bonchev–Trinajstić information content (AvgIpc) is 2.82. The fraction of sp³-hybridized carbons (Fsp3) is 0.692. The minimum absolute atomic E-state index is 0.00593. The first-order valence-electron chi connectivity index (χ1n) is 7.02. The molecule has 1 unspecified atom stereocenters. The Morgan fingerprint density at radius 3 is 2.90 bits per heavy atom. The van der Waals surface area contributed by atoms with Crippen molar-refractivity contribution in [3.8, 4) is 0 Å². The van der Waals surface area contributed by atoms with Gasteiger partial charge in [0.25, 0.3) is 0 Å². The molecule has 1 aromatic heterocycles. The molecule has 0 aliphatic carbocycles. The van der Waals surface area contributed by atoms with E-state index in [2.05, 4.69) is 10.1 Å². The molecule has 0 aromatic carbocycles. The fourth-order valence-electron chi connectivity index (χ4n) is 2.91. The number of amides is 2. The molecule has 0 radical (unpaired) electrons. The maximum absolute atomic E-state index is 12.6. The van der Waals surface area contributed by atoms with Gasteiger partial charge in [0.05, 0.1) is 0 Å². The van der Waals surface area contributed by atoms with Crippen molar-refractivity contribution in [1.82, 2.24) is 19.9 Å². The van der Waals surface area contributed by atoms with Gasteiger partial charge in [-0.15, -0.1) is 0 Å². The van der Waals surface area contributed by atoms with E-state index in [1.54, 1.807) is 16.7 Å². The van der Waals surface area contributed by atoms with Crippen molar-refractivity contribution >= 4 is 11.8 Å². The second kappa shape index (κ2) is 5.22. The standard InChI is InChI=1S/C13H18N4O3/c1-9-14-11(20-15-9)8-16-7-5-12(18)17-6-3-2-4-10(17)13(16)19/h10H,2-8H2,1H3. The van der Waals surface area contributed by atoms with Crippen molar-refractivity contribution in [2.24, 2.45) is 0 Å². The minimum Gasteiger partial charge on any atom is -0.337 e. The van der Waals surface area contributed by atoms with Crippen LogP contribution in [0.5, 0.6) is 0 Å². The number of carbonyl (C=O) groups excluding carboxylic acids is 2. The predicted octanol–water partition coefficient (Wildman–Crippen LogP) is 0.491. The lowest BCUT2D eigenvalue weighted by Crippen LogP contribution is -2.49. The first kappa shape index (κ1) is 13.1. The van der Waals surface area contributed by atoms with Crippen LogP contribution in [0.3, 0.4) is 0 Å². The van der Waals surface area contributed by atoms with Crippen LogP contribution in [0, 0.1) is 6.92 Å². The van der Waals surface area contributed by atoms with Gasteiger partial charge in [0.15, 0.2) is 5.82 Å². The summed E-state index contributed by atoms with van der Waals surface area (Å²) in [6.07, 6.45) is 3.10. The molecule has 0 saturated carbocycles. The van der Waals surface area contributed by atoms with Crippen molar-refractivity contribution < 1.29 is 14.1 Å². The third-order valence-electron chi connectivity index (χ3n) is 3.91. The van der Waals surface area contributed by atoms with Crippen LogP contribution in [-0.2, 0) is 16.1 Å². The zero-order valence-electron chi connectivity index (χ0n) is 11.5. The molecule has 7 nitrogen and oxygen atoms in total. The second-order valence-electron chi connectivity index (χ2n) is 5.34. The topological polar surface area (TPSA) is 79.5 Å². The number of piperidine rings is 1. The molecule has 0 spiro atoms. The largest absolute Gasteiger partial charge is 0.337 e. The summed E-state index contributed by atoms with van der Waals surface area (Å²) in [7, 11) is 0. The van der Waals surface area contributed by atoms with Crippen molar-refractivity contribution in [1.29, 1.82) is 0 Å². The number of aromatic nitrogens is 2. The van der Waals surface area contributed by atoms with Crippen molar-refractivity contribution in [3.05, 3.63) is 11.7 Å². The zero-order valence-corrected chi connectivity index (χ0v) is 11.5. The lowest BCUT2D eigenvalue weighted by Gasteiger charge is -2.34. The van der Waals surface area contributed by atoms with Gasteiger partial charge in [0.2, 0.25) is 17.7 Å². The highest BCUT2D eigenvalue weighted by molar-refractivity contribution is 5.90. The summed E-state index contributed by atoms with van der Waals surface area (Å²) in [6.45, 7) is 3.15. The molecule has 1 aromatic rings. The lowest BCUT2D eigenvalue weighted by molar-refractivity contribution is -0.143. The van der Waals surface area contributed by atoms with Crippen LogP contribution >= 0.6 is 0 Å². The van der Waals surface area contributed by atoms with Crippen LogP contribution in [-0.4, -0.2) is 50.9 Å². The first-order valence-corrected chi connectivity index (χ1v) is 7.02. The highest BCUT2D eigenvalue weighted by Crippen LogP contribution is 2.23.